The second-order valence-electron chi connectivity index (χ2n) is 4.37. The molecular weight excluding hydrogens is 230 g/mol. The predicted molar refractivity (Wildman–Crippen MR) is 70.9 cm³/mol. The summed E-state index contributed by atoms with van der Waals surface area (Å²) in [6.45, 7) is 7.63. The largest absolute Gasteiger partial charge is 0.369 e. The molecule has 0 aromatic carbocycles. The third-order valence-corrected chi connectivity index (χ3v) is 2.50. The molecule has 0 spiro atoms. The lowest BCUT2D eigenvalue weighted by molar-refractivity contribution is -0.119. The number of amides is 1. The molecule has 1 aromatic rings. The number of anilines is 1. The van der Waals surface area contributed by atoms with Crippen molar-refractivity contribution in [3.05, 3.63) is 18.0 Å². The highest BCUT2D eigenvalue weighted by Crippen LogP contribution is 2.07. The summed E-state index contributed by atoms with van der Waals surface area (Å²) in [5, 5.41) is 3.06. The van der Waals surface area contributed by atoms with Crippen LogP contribution in [-0.4, -0.2) is 39.9 Å². The van der Waals surface area contributed by atoms with Crippen LogP contribution in [0.2, 0.25) is 0 Å². The molecule has 1 rings (SSSR count). The molecule has 6 heteroatoms. The minimum atomic E-state index is -0.329. The maximum Gasteiger partial charge on any atom is 0.231 e. The van der Waals surface area contributed by atoms with Crippen molar-refractivity contribution in [1.82, 2.24) is 14.9 Å². The molecule has 100 valence electrons. The summed E-state index contributed by atoms with van der Waals surface area (Å²) in [7, 11) is 0. The third-order valence-electron chi connectivity index (χ3n) is 2.50. The minimum absolute atomic E-state index is 0.232. The van der Waals surface area contributed by atoms with Gasteiger partial charge in [0.1, 0.15) is 0 Å². The Balaban J connectivity index is 2.73. The fourth-order valence-corrected chi connectivity index (χ4v) is 1.56. The van der Waals surface area contributed by atoms with Crippen LogP contribution in [0.3, 0.4) is 0 Å². The fourth-order valence-electron chi connectivity index (χ4n) is 1.56. The van der Waals surface area contributed by atoms with E-state index in [1.54, 1.807) is 6.20 Å². The van der Waals surface area contributed by atoms with Crippen LogP contribution in [-0.2, 0) is 11.3 Å². The standard InChI is InChI=1S/C12H21N5O/c1-4-14-12-15-6-5-10(16-12)7-17(9(2)3)8-11(13)18/h5-6,9H,4,7-8H2,1-3H3,(H2,13,18)(H,14,15,16). The molecule has 0 atom stereocenters. The zero-order valence-electron chi connectivity index (χ0n) is 11.2. The smallest absolute Gasteiger partial charge is 0.231 e. The molecule has 0 saturated heterocycles. The first-order valence-corrected chi connectivity index (χ1v) is 6.11. The van der Waals surface area contributed by atoms with E-state index in [1.807, 2.05) is 31.7 Å². The van der Waals surface area contributed by atoms with Gasteiger partial charge in [0.2, 0.25) is 11.9 Å². The van der Waals surface area contributed by atoms with Crippen molar-refractivity contribution in [3.8, 4) is 0 Å². The Hall–Kier alpha value is -1.69. The Kier molecular flexibility index (Phi) is 5.51. The summed E-state index contributed by atoms with van der Waals surface area (Å²) in [5.41, 5.74) is 6.11. The first kappa shape index (κ1) is 14.4. The highest BCUT2D eigenvalue weighted by atomic mass is 16.1. The first-order chi connectivity index (χ1) is 8.52. The second kappa shape index (κ2) is 6.90. The molecule has 3 N–H and O–H groups in total. The van der Waals surface area contributed by atoms with Crippen LogP contribution in [0.4, 0.5) is 5.95 Å². The van der Waals surface area contributed by atoms with E-state index in [0.29, 0.717) is 12.5 Å². The number of carbonyl (C=O) groups is 1. The van der Waals surface area contributed by atoms with Crippen LogP contribution >= 0.6 is 0 Å². The number of hydrogen-bond donors (Lipinski definition) is 2. The van der Waals surface area contributed by atoms with Crippen molar-refractivity contribution < 1.29 is 4.79 Å². The summed E-state index contributed by atoms with van der Waals surface area (Å²) in [4.78, 5) is 21.5. The second-order valence-corrected chi connectivity index (χ2v) is 4.37. The Morgan fingerprint density at radius 3 is 2.83 bits per heavy atom. The lowest BCUT2D eigenvalue weighted by Crippen LogP contribution is -2.38. The van der Waals surface area contributed by atoms with Crippen LogP contribution in [0, 0.1) is 0 Å². The molecule has 0 fully saturated rings. The topological polar surface area (TPSA) is 84.1 Å². The number of primary amides is 1. The summed E-state index contributed by atoms with van der Waals surface area (Å²) in [6.07, 6.45) is 1.71. The summed E-state index contributed by atoms with van der Waals surface area (Å²) >= 11 is 0. The molecule has 0 aliphatic heterocycles. The number of nitrogens with one attached hydrogen (secondary N) is 1. The van der Waals surface area contributed by atoms with E-state index < -0.39 is 0 Å². The fraction of sp³-hybridized carbons (Fsp3) is 0.583. The van der Waals surface area contributed by atoms with Crippen molar-refractivity contribution in [2.24, 2.45) is 5.73 Å². The van der Waals surface area contributed by atoms with Gasteiger partial charge in [-0.3, -0.25) is 9.69 Å². The average molecular weight is 251 g/mol. The Bertz CT molecular complexity index is 394. The number of nitrogens with zero attached hydrogens (tertiary/aromatic N) is 3. The van der Waals surface area contributed by atoms with E-state index in [9.17, 15) is 4.79 Å². The van der Waals surface area contributed by atoms with Crippen LogP contribution < -0.4 is 11.1 Å². The lowest BCUT2D eigenvalue weighted by atomic mass is 10.2. The molecule has 18 heavy (non-hydrogen) atoms. The van der Waals surface area contributed by atoms with Crippen LogP contribution in [0.15, 0.2) is 12.3 Å². The zero-order chi connectivity index (χ0) is 13.5. The van der Waals surface area contributed by atoms with E-state index >= 15 is 0 Å². The summed E-state index contributed by atoms with van der Waals surface area (Å²) in [6, 6.07) is 2.08. The van der Waals surface area contributed by atoms with E-state index in [1.165, 1.54) is 0 Å². The van der Waals surface area contributed by atoms with Gasteiger partial charge in [0, 0.05) is 25.3 Å². The van der Waals surface area contributed by atoms with Crippen molar-refractivity contribution in [2.75, 3.05) is 18.4 Å². The molecule has 0 unspecified atom stereocenters. The minimum Gasteiger partial charge on any atom is -0.369 e. The average Bonchev–Trinajstić information content (AvgIpc) is 2.28. The zero-order valence-corrected chi connectivity index (χ0v) is 11.2. The molecular formula is C12H21N5O. The summed E-state index contributed by atoms with van der Waals surface area (Å²) < 4.78 is 0. The molecule has 0 bridgehead atoms. The normalized spacial score (nSPS) is 10.9. The molecule has 0 aliphatic rings. The van der Waals surface area contributed by atoms with Crippen LogP contribution in [0.25, 0.3) is 0 Å². The van der Waals surface area contributed by atoms with Gasteiger partial charge in [0.05, 0.1) is 12.2 Å². The van der Waals surface area contributed by atoms with E-state index in [2.05, 4.69) is 15.3 Å². The number of nitrogens with two attached hydrogens (primary N) is 1. The maximum absolute atomic E-state index is 11.0. The molecule has 0 aliphatic carbocycles. The monoisotopic (exact) mass is 251 g/mol. The predicted octanol–water partition coefficient (Wildman–Crippen LogP) is 0.604. The van der Waals surface area contributed by atoms with E-state index in [4.69, 9.17) is 5.73 Å². The van der Waals surface area contributed by atoms with Gasteiger partial charge < -0.3 is 11.1 Å². The number of aromatic nitrogens is 2. The van der Waals surface area contributed by atoms with Crippen molar-refractivity contribution in [1.29, 1.82) is 0 Å². The third kappa shape index (κ3) is 4.67. The molecule has 6 nitrogen and oxygen atoms in total. The molecule has 0 saturated carbocycles. The molecule has 0 radical (unpaired) electrons. The van der Waals surface area contributed by atoms with Gasteiger partial charge in [-0.1, -0.05) is 0 Å². The number of hydrogen-bond acceptors (Lipinski definition) is 5. The van der Waals surface area contributed by atoms with Crippen molar-refractivity contribution in [3.63, 3.8) is 0 Å². The maximum atomic E-state index is 11.0. The van der Waals surface area contributed by atoms with E-state index in [-0.39, 0.29) is 18.5 Å². The molecule has 1 aromatic heterocycles. The molecule has 1 amide bonds. The van der Waals surface area contributed by atoms with Crippen LogP contribution in [0.1, 0.15) is 26.5 Å². The van der Waals surface area contributed by atoms with E-state index in [0.717, 1.165) is 12.2 Å². The summed E-state index contributed by atoms with van der Waals surface area (Å²) in [5.74, 6) is 0.280. The van der Waals surface area contributed by atoms with Gasteiger partial charge in [-0.2, -0.15) is 0 Å². The quantitative estimate of drug-likeness (QED) is 0.741. The van der Waals surface area contributed by atoms with Gasteiger partial charge in [-0.25, -0.2) is 9.97 Å². The number of rotatable bonds is 7. The Labute approximate surface area is 108 Å². The van der Waals surface area contributed by atoms with Gasteiger partial charge in [-0.15, -0.1) is 0 Å². The molecule has 1 heterocycles. The van der Waals surface area contributed by atoms with Gasteiger partial charge >= 0.3 is 0 Å². The number of carbonyl (C=O) groups excluding carboxylic acids is 1. The van der Waals surface area contributed by atoms with Gasteiger partial charge in [0.15, 0.2) is 0 Å². The highest BCUT2D eigenvalue weighted by molar-refractivity contribution is 5.75. The SMILES string of the molecule is CCNc1nccc(CN(CC(N)=O)C(C)C)n1. The first-order valence-electron chi connectivity index (χ1n) is 6.11. The lowest BCUT2D eigenvalue weighted by Gasteiger charge is -2.24. The van der Waals surface area contributed by atoms with Crippen molar-refractivity contribution in [2.45, 2.75) is 33.4 Å². The van der Waals surface area contributed by atoms with Crippen molar-refractivity contribution >= 4 is 11.9 Å². The Morgan fingerprint density at radius 2 is 2.28 bits per heavy atom. The highest BCUT2D eigenvalue weighted by Gasteiger charge is 2.13. The Morgan fingerprint density at radius 1 is 1.56 bits per heavy atom. The van der Waals surface area contributed by atoms with Crippen LogP contribution in [0.5, 0.6) is 0 Å². The van der Waals surface area contributed by atoms with Gasteiger partial charge in [0.25, 0.3) is 0 Å². The van der Waals surface area contributed by atoms with Gasteiger partial charge in [-0.05, 0) is 26.8 Å².